The summed E-state index contributed by atoms with van der Waals surface area (Å²) in [4.78, 5) is 22.6. The van der Waals surface area contributed by atoms with Gasteiger partial charge in [0.1, 0.15) is 5.75 Å². The molecule has 0 saturated carbocycles. The number of benzene rings is 3. The first-order valence-corrected chi connectivity index (χ1v) is 10.8. The van der Waals surface area contributed by atoms with Crippen molar-refractivity contribution in [1.29, 1.82) is 0 Å². The van der Waals surface area contributed by atoms with E-state index in [4.69, 9.17) is 9.15 Å². The second-order valence-electron chi connectivity index (χ2n) is 6.82. The first kappa shape index (κ1) is 22.0. The molecular weight excluding hydrogens is 444 g/mol. The summed E-state index contributed by atoms with van der Waals surface area (Å²) in [5.74, 6) is 0.908. The number of thioether (sulfide) groups is 1. The van der Waals surface area contributed by atoms with Crippen LogP contribution < -0.4 is 10.1 Å². The van der Waals surface area contributed by atoms with Gasteiger partial charge in [0.25, 0.3) is 10.9 Å². The fourth-order valence-corrected chi connectivity index (χ4v) is 3.55. The second-order valence-corrected chi connectivity index (χ2v) is 7.75. The Bertz CT molecular complexity index is 1270. The number of non-ortho nitro benzene ring substituents is 1. The Kier molecular flexibility index (Phi) is 6.65. The lowest BCUT2D eigenvalue weighted by atomic mass is 10.1. The average Bonchev–Trinajstić information content (AvgIpc) is 3.32. The molecule has 166 valence electrons. The zero-order chi connectivity index (χ0) is 23.2. The van der Waals surface area contributed by atoms with E-state index in [1.807, 2.05) is 30.3 Å². The van der Waals surface area contributed by atoms with Crippen LogP contribution in [-0.2, 0) is 4.79 Å². The van der Waals surface area contributed by atoms with E-state index in [1.54, 1.807) is 37.4 Å². The SMILES string of the molecule is COc1cccc(-c2nnc(SCC(=O)Nc3ccc(-c4ccc([N+](=O)[O-])cc4)cc3)o2)c1. The number of hydrogen-bond donors (Lipinski definition) is 1. The van der Waals surface area contributed by atoms with Gasteiger partial charge in [0.15, 0.2) is 0 Å². The van der Waals surface area contributed by atoms with Crippen LogP contribution in [0.3, 0.4) is 0 Å². The van der Waals surface area contributed by atoms with Gasteiger partial charge in [-0.2, -0.15) is 0 Å². The predicted octanol–water partition coefficient (Wildman–Crippen LogP) is 5.05. The van der Waals surface area contributed by atoms with E-state index >= 15 is 0 Å². The molecule has 0 aliphatic carbocycles. The van der Waals surface area contributed by atoms with Crippen LogP contribution in [0.15, 0.2) is 82.4 Å². The number of nitrogens with one attached hydrogen (secondary N) is 1. The summed E-state index contributed by atoms with van der Waals surface area (Å²) in [7, 11) is 1.58. The lowest BCUT2D eigenvalue weighted by molar-refractivity contribution is -0.384. The van der Waals surface area contributed by atoms with E-state index in [2.05, 4.69) is 15.5 Å². The zero-order valence-corrected chi connectivity index (χ0v) is 18.2. The standard InChI is InChI=1S/C23H18N4O5S/c1-31-20-4-2-3-17(13-20)22-25-26-23(32-22)33-14-21(28)24-18-9-5-15(6-10-18)16-7-11-19(12-8-16)27(29)30/h2-13H,14H2,1H3,(H,24,28). The number of nitro benzene ring substituents is 1. The molecule has 0 aliphatic heterocycles. The number of hydrogen-bond acceptors (Lipinski definition) is 8. The van der Waals surface area contributed by atoms with Crippen LogP contribution in [0.5, 0.6) is 5.75 Å². The van der Waals surface area contributed by atoms with Crippen molar-refractivity contribution in [3.05, 3.63) is 82.9 Å². The van der Waals surface area contributed by atoms with Gasteiger partial charge >= 0.3 is 0 Å². The minimum Gasteiger partial charge on any atom is -0.497 e. The monoisotopic (exact) mass is 462 g/mol. The lowest BCUT2D eigenvalue weighted by Gasteiger charge is -2.06. The van der Waals surface area contributed by atoms with Crippen molar-refractivity contribution in [2.24, 2.45) is 0 Å². The van der Waals surface area contributed by atoms with Gasteiger partial charge < -0.3 is 14.5 Å². The summed E-state index contributed by atoms with van der Waals surface area (Å²) in [6.45, 7) is 0. The number of methoxy groups -OCH3 is 1. The maximum absolute atomic E-state index is 12.3. The maximum atomic E-state index is 12.3. The molecule has 0 radical (unpaired) electrons. The number of anilines is 1. The fraction of sp³-hybridized carbons (Fsp3) is 0.0870. The van der Waals surface area contributed by atoms with Crippen molar-refractivity contribution in [2.75, 3.05) is 18.2 Å². The summed E-state index contributed by atoms with van der Waals surface area (Å²) < 4.78 is 10.8. The van der Waals surface area contributed by atoms with E-state index in [1.165, 1.54) is 12.1 Å². The number of carbonyl (C=O) groups is 1. The molecule has 0 spiro atoms. The third kappa shape index (κ3) is 5.55. The number of ether oxygens (including phenoxy) is 1. The second kappa shape index (κ2) is 9.96. The summed E-state index contributed by atoms with van der Waals surface area (Å²) in [6, 6.07) is 20.8. The molecule has 9 nitrogen and oxygen atoms in total. The Labute approximate surface area is 193 Å². The molecule has 0 bridgehead atoms. The minimum atomic E-state index is -0.436. The van der Waals surface area contributed by atoms with Crippen molar-refractivity contribution >= 4 is 29.0 Å². The molecule has 0 atom stereocenters. The topological polar surface area (TPSA) is 120 Å². The van der Waals surface area contributed by atoms with Gasteiger partial charge in [-0.3, -0.25) is 14.9 Å². The highest BCUT2D eigenvalue weighted by molar-refractivity contribution is 7.99. The Hall–Kier alpha value is -4.18. The van der Waals surface area contributed by atoms with Crippen LogP contribution >= 0.6 is 11.8 Å². The van der Waals surface area contributed by atoms with Gasteiger partial charge in [-0.15, -0.1) is 10.2 Å². The van der Waals surface area contributed by atoms with Crippen LogP contribution in [-0.4, -0.2) is 33.9 Å². The molecule has 4 rings (SSSR count). The van der Waals surface area contributed by atoms with Crippen LogP contribution in [0, 0.1) is 10.1 Å². The third-order valence-corrected chi connectivity index (χ3v) is 5.45. The first-order valence-electron chi connectivity index (χ1n) is 9.77. The van der Waals surface area contributed by atoms with Crippen LogP contribution in [0.4, 0.5) is 11.4 Å². The highest BCUT2D eigenvalue weighted by Crippen LogP contribution is 2.27. The van der Waals surface area contributed by atoms with Crippen molar-refractivity contribution in [3.63, 3.8) is 0 Å². The van der Waals surface area contributed by atoms with Crippen LogP contribution in [0.1, 0.15) is 0 Å². The number of amides is 1. The molecule has 10 heteroatoms. The van der Waals surface area contributed by atoms with Gasteiger partial charge in [-0.25, -0.2) is 0 Å². The number of aromatic nitrogens is 2. The highest BCUT2D eigenvalue weighted by Gasteiger charge is 2.12. The van der Waals surface area contributed by atoms with E-state index in [9.17, 15) is 14.9 Å². The number of rotatable bonds is 8. The number of nitro groups is 1. The molecule has 3 aromatic carbocycles. The quantitative estimate of drug-likeness (QED) is 0.219. The summed E-state index contributed by atoms with van der Waals surface area (Å²) in [5.41, 5.74) is 3.13. The van der Waals surface area contributed by atoms with Gasteiger partial charge in [-0.1, -0.05) is 30.0 Å². The molecule has 1 heterocycles. The molecular formula is C23H18N4O5S. The highest BCUT2D eigenvalue weighted by atomic mass is 32.2. The number of nitrogens with zero attached hydrogens (tertiary/aromatic N) is 3. The van der Waals surface area contributed by atoms with Crippen molar-refractivity contribution in [1.82, 2.24) is 10.2 Å². The molecule has 1 aromatic heterocycles. The summed E-state index contributed by atoms with van der Waals surface area (Å²) in [5, 5.41) is 21.9. The third-order valence-electron chi connectivity index (χ3n) is 4.63. The summed E-state index contributed by atoms with van der Waals surface area (Å²) >= 11 is 1.14. The smallest absolute Gasteiger partial charge is 0.277 e. The van der Waals surface area contributed by atoms with E-state index in [0.29, 0.717) is 17.3 Å². The first-order chi connectivity index (χ1) is 16.0. The van der Waals surface area contributed by atoms with Crippen molar-refractivity contribution in [3.8, 4) is 28.3 Å². The average molecular weight is 462 g/mol. The fourth-order valence-electron chi connectivity index (χ4n) is 2.99. The Morgan fingerprint density at radius 3 is 2.39 bits per heavy atom. The van der Waals surface area contributed by atoms with Gasteiger partial charge in [0.05, 0.1) is 17.8 Å². The minimum absolute atomic E-state index is 0.0389. The molecule has 1 N–H and O–H groups in total. The molecule has 4 aromatic rings. The van der Waals surface area contributed by atoms with Crippen LogP contribution in [0.2, 0.25) is 0 Å². The predicted molar refractivity (Wildman–Crippen MR) is 124 cm³/mol. The van der Waals surface area contributed by atoms with E-state index in [-0.39, 0.29) is 22.6 Å². The lowest BCUT2D eigenvalue weighted by Crippen LogP contribution is -2.13. The number of carbonyl (C=O) groups excluding carboxylic acids is 1. The Morgan fingerprint density at radius 1 is 1.03 bits per heavy atom. The maximum Gasteiger partial charge on any atom is 0.277 e. The molecule has 0 unspecified atom stereocenters. The molecule has 1 amide bonds. The molecule has 0 aliphatic rings. The van der Waals surface area contributed by atoms with E-state index in [0.717, 1.165) is 28.5 Å². The zero-order valence-electron chi connectivity index (χ0n) is 17.4. The van der Waals surface area contributed by atoms with Gasteiger partial charge in [0.2, 0.25) is 11.8 Å². The summed E-state index contributed by atoms with van der Waals surface area (Å²) in [6.07, 6.45) is 0. The van der Waals surface area contributed by atoms with Gasteiger partial charge in [0, 0.05) is 23.4 Å². The molecule has 0 saturated heterocycles. The molecule has 33 heavy (non-hydrogen) atoms. The van der Waals surface area contributed by atoms with Crippen LogP contribution in [0.25, 0.3) is 22.6 Å². The molecule has 0 fully saturated rings. The Balaban J connectivity index is 1.32. The van der Waals surface area contributed by atoms with Crippen molar-refractivity contribution < 1.29 is 18.9 Å². The largest absolute Gasteiger partial charge is 0.497 e. The normalized spacial score (nSPS) is 10.6. The van der Waals surface area contributed by atoms with E-state index < -0.39 is 4.92 Å². The van der Waals surface area contributed by atoms with Gasteiger partial charge in [-0.05, 0) is 53.6 Å². The Morgan fingerprint density at radius 2 is 1.73 bits per heavy atom. The van der Waals surface area contributed by atoms with Crippen molar-refractivity contribution in [2.45, 2.75) is 5.22 Å².